The third-order valence-corrected chi connectivity index (χ3v) is 4.72. The molecule has 0 spiro atoms. The zero-order valence-corrected chi connectivity index (χ0v) is 12.0. The fourth-order valence-corrected chi connectivity index (χ4v) is 3.62. The molecule has 3 heteroatoms. The van der Waals surface area contributed by atoms with Gasteiger partial charge in [0.2, 0.25) is 0 Å². The molecular weight excluding hydrogens is 240 g/mol. The van der Waals surface area contributed by atoms with Gasteiger partial charge in [-0.3, -0.25) is 0 Å². The van der Waals surface area contributed by atoms with Crippen LogP contribution in [-0.2, 0) is 14.9 Å². The van der Waals surface area contributed by atoms with Gasteiger partial charge in [-0.1, -0.05) is 42.5 Å². The van der Waals surface area contributed by atoms with Crippen molar-refractivity contribution in [2.75, 3.05) is 13.2 Å². The Morgan fingerprint density at radius 1 is 0.889 bits per heavy atom. The number of hydrogen-bond donors (Lipinski definition) is 0. The van der Waals surface area contributed by atoms with Gasteiger partial charge in [0.15, 0.2) is 0 Å². The van der Waals surface area contributed by atoms with E-state index >= 15 is 0 Å². The minimum absolute atomic E-state index is 0.721. The summed E-state index contributed by atoms with van der Waals surface area (Å²) in [5.74, 6) is 0. The van der Waals surface area contributed by atoms with Crippen LogP contribution >= 0.6 is 0 Å². The van der Waals surface area contributed by atoms with Crippen LogP contribution in [-0.4, -0.2) is 22.5 Å². The molecule has 0 aliphatic carbocycles. The van der Waals surface area contributed by atoms with E-state index in [1.165, 1.54) is 16.3 Å². The molecule has 0 fully saturated rings. The number of rotatable bonds is 6. The van der Waals surface area contributed by atoms with Gasteiger partial charge in [-0.25, -0.2) is 0 Å². The second-order valence-corrected chi connectivity index (χ2v) is 5.73. The van der Waals surface area contributed by atoms with Crippen molar-refractivity contribution in [1.82, 2.24) is 0 Å². The maximum Gasteiger partial charge on any atom is 0.389 e. The molecule has 0 N–H and O–H groups in total. The Hall–Kier alpha value is -1.16. The van der Waals surface area contributed by atoms with Crippen molar-refractivity contribution in [3.05, 3.63) is 48.0 Å². The Bertz CT molecular complexity index is 487. The number of hydrogen-bond acceptors (Lipinski definition) is 2. The van der Waals surface area contributed by atoms with E-state index < -0.39 is 9.28 Å². The van der Waals surface area contributed by atoms with Crippen LogP contribution in [0.1, 0.15) is 19.4 Å². The van der Waals surface area contributed by atoms with Crippen molar-refractivity contribution in [2.24, 2.45) is 0 Å². The van der Waals surface area contributed by atoms with E-state index in [0.29, 0.717) is 0 Å². The Kier molecular flexibility index (Phi) is 4.93. The molecule has 2 nitrogen and oxygen atoms in total. The zero-order chi connectivity index (χ0) is 12.8. The molecule has 0 heterocycles. The monoisotopic (exact) mass is 259 g/mol. The highest BCUT2D eigenvalue weighted by atomic mass is 28.3. The van der Waals surface area contributed by atoms with Gasteiger partial charge < -0.3 is 8.85 Å². The molecule has 0 aliphatic rings. The molecule has 2 rings (SSSR count). The van der Waals surface area contributed by atoms with E-state index in [1.807, 2.05) is 13.8 Å². The smallest absolute Gasteiger partial charge is 0.389 e. The molecule has 0 aliphatic heterocycles. The van der Waals surface area contributed by atoms with Crippen molar-refractivity contribution in [2.45, 2.75) is 19.9 Å². The first kappa shape index (κ1) is 13.3. The van der Waals surface area contributed by atoms with E-state index in [-0.39, 0.29) is 0 Å². The van der Waals surface area contributed by atoms with E-state index in [1.54, 1.807) is 0 Å². The molecule has 0 aromatic heterocycles. The molecule has 0 saturated heterocycles. The van der Waals surface area contributed by atoms with E-state index in [9.17, 15) is 0 Å². The predicted molar refractivity (Wildman–Crippen MR) is 76.7 cm³/mol. The average Bonchev–Trinajstić information content (AvgIpc) is 2.40. The minimum Gasteiger partial charge on any atom is -0.393 e. The highest BCUT2D eigenvalue weighted by molar-refractivity contribution is 6.44. The van der Waals surface area contributed by atoms with Crippen LogP contribution in [0.25, 0.3) is 10.8 Å². The SMILES string of the molecule is CCO[Si](Cc1cccc2ccccc12)OCC. The molecule has 0 amide bonds. The third kappa shape index (κ3) is 3.19. The summed E-state index contributed by atoms with van der Waals surface area (Å²) in [7, 11) is -1.19. The second-order valence-electron chi connectivity index (χ2n) is 4.05. The summed E-state index contributed by atoms with van der Waals surface area (Å²) in [6.45, 7) is 5.48. The Morgan fingerprint density at radius 2 is 1.56 bits per heavy atom. The molecule has 0 unspecified atom stereocenters. The van der Waals surface area contributed by atoms with Crippen molar-refractivity contribution < 1.29 is 8.85 Å². The topological polar surface area (TPSA) is 18.5 Å². The first-order valence-electron chi connectivity index (χ1n) is 6.43. The Labute approximate surface area is 110 Å². The van der Waals surface area contributed by atoms with Crippen molar-refractivity contribution in [3.63, 3.8) is 0 Å². The Balaban J connectivity index is 2.24. The lowest BCUT2D eigenvalue weighted by Gasteiger charge is -2.14. The van der Waals surface area contributed by atoms with E-state index in [2.05, 4.69) is 42.5 Å². The highest BCUT2D eigenvalue weighted by Crippen LogP contribution is 2.19. The molecule has 95 valence electrons. The molecular formula is C15H19O2Si. The predicted octanol–water partition coefficient (Wildman–Crippen LogP) is 3.48. The molecule has 2 aromatic carbocycles. The normalized spacial score (nSPS) is 11.3. The summed E-state index contributed by atoms with van der Waals surface area (Å²) in [5.41, 5.74) is 1.32. The molecule has 18 heavy (non-hydrogen) atoms. The van der Waals surface area contributed by atoms with Gasteiger partial charge in [0.25, 0.3) is 0 Å². The standard InChI is InChI=1S/C15H19O2Si/c1-3-16-18(17-4-2)12-14-10-7-9-13-8-5-6-11-15(13)14/h5-11H,3-4,12H2,1-2H3. The summed E-state index contributed by atoms with van der Waals surface area (Å²) >= 11 is 0. The van der Waals surface area contributed by atoms with Crippen molar-refractivity contribution in [3.8, 4) is 0 Å². The third-order valence-electron chi connectivity index (χ3n) is 2.83. The quantitative estimate of drug-likeness (QED) is 0.739. The van der Waals surface area contributed by atoms with Crippen molar-refractivity contribution in [1.29, 1.82) is 0 Å². The maximum atomic E-state index is 5.71. The lowest BCUT2D eigenvalue weighted by Crippen LogP contribution is -2.26. The van der Waals surface area contributed by atoms with Gasteiger partial charge in [-0.2, -0.15) is 0 Å². The van der Waals surface area contributed by atoms with E-state index in [4.69, 9.17) is 8.85 Å². The lowest BCUT2D eigenvalue weighted by atomic mass is 10.1. The number of benzene rings is 2. The van der Waals surface area contributed by atoms with Gasteiger partial charge in [-0.15, -0.1) is 0 Å². The second kappa shape index (κ2) is 6.68. The molecule has 0 atom stereocenters. The summed E-state index contributed by atoms with van der Waals surface area (Å²) in [6, 6.07) is 15.8. The fourth-order valence-electron chi connectivity index (χ4n) is 2.07. The van der Waals surface area contributed by atoms with Gasteiger partial charge in [0.1, 0.15) is 0 Å². The van der Waals surface area contributed by atoms with Crippen LogP contribution in [0.15, 0.2) is 42.5 Å². The van der Waals surface area contributed by atoms with Gasteiger partial charge in [0, 0.05) is 19.3 Å². The summed E-state index contributed by atoms with van der Waals surface area (Å²) in [4.78, 5) is 0. The lowest BCUT2D eigenvalue weighted by molar-refractivity contribution is 0.213. The van der Waals surface area contributed by atoms with Crippen LogP contribution in [0.2, 0.25) is 0 Å². The molecule has 0 bridgehead atoms. The zero-order valence-electron chi connectivity index (χ0n) is 11.0. The first-order valence-corrected chi connectivity index (χ1v) is 7.95. The molecule has 1 radical (unpaired) electrons. The van der Waals surface area contributed by atoms with Crippen LogP contribution in [0, 0.1) is 0 Å². The largest absolute Gasteiger partial charge is 0.393 e. The van der Waals surface area contributed by atoms with Crippen LogP contribution in [0.3, 0.4) is 0 Å². The van der Waals surface area contributed by atoms with Crippen LogP contribution in [0.5, 0.6) is 0 Å². The van der Waals surface area contributed by atoms with Gasteiger partial charge in [-0.05, 0) is 30.2 Å². The molecule has 2 aromatic rings. The highest BCUT2D eigenvalue weighted by Gasteiger charge is 2.16. The Morgan fingerprint density at radius 3 is 2.28 bits per heavy atom. The van der Waals surface area contributed by atoms with Crippen LogP contribution in [0.4, 0.5) is 0 Å². The average molecular weight is 259 g/mol. The van der Waals surface area contributed by atoms with Gasteiger partial charge in [0.05, 0.1) is 0 Å². The van der Waals surface area contributed by atoms with Crippen molar-refractivity contribution >= 4 is 20.1 Å². The fraction of sp³-hybridized carbons (Fsp3) is 0.333. The summed E-state index contributed by atoms with van der Waals surface area (Å²) in [6.07, 6.45) is 0. The van der Waals surface area contributed by atoms with Crippen LogP contribution < -0.4 is 0 Å². The molecule has 0 saturated carbocycles. The number of fused-ring (bicyclic) bond motifs is 1. The van der Waals surface area contributed by atoms with E-state index in [0.717, 1.165) is 19.3 Å². The summed E-state index contributed by atoms with van der Waals surface area (Å²) in [5, 5.41) is 2.59. The minimum atomic E-state index is -1.19. The maximum absolute atomic E-state index is 5.71. The first-order chi connectivity index (χ1) is 8.85. The summed E-state index contributed by atoms with van der Waals surface area (Å²) < 4.78 is 11.4. The van der Waals surface area contributed by atoms with Gasteiger partial charge >= 0.3 is 9.28 Å².